The van der Waals surface area contributed by atoms with E-state index in [2.05, 4.69) is 13.8 Å². The minimum Gasteiger partial charge on any atom is -0.491 e. The Kier molecular flexibility index (Phi) is 9.52. The molecule has 2 atom stereocenters. The van der Waals surface area contributed by atoms with Crippen molar-refractivity contribution >= 4 is 0 Å². The second-order valence-electron chi connectivity index (χ2n) is 9.10. The van der Waals surface area contributed by atoms with Crippen molar-refractivity contribution in [2.24, 2.45) is 0 Å². The fourth-order valence-corrected chi connectivity index (χ4v) is 3.74. The number of hydrogen-bond acceptors (Lipinski definition) is 5. The maximum absolute atomic E-state index is 10.7. The van der Waals surface area contributed by atoms with Crippen LogP contribution in [0.25, 0.3) is 0 Å². The molecule has 0 fully saturated rings. The summed E-state index contributed by atoms with van der Waals surface area (Å²) in [5.74, 6) is 1.50. The molecule has 3 aromatic carbocycles. The summed E-state index contributed by atoms with van der Waals surface area (Å²) < 4.78 is 11.6. The van der Waals surface area contributed by atoms with Gasteiger partial charge in [-0.1, -0.05) is 42.5 Å². The quantitative estimate of drug-likeness (QED) is 0.411. The van der Waals surface area contributed by atoms with E-state index in [0.29, 0.717) is 19.6 Å². The summed E-state index contributed by atoms with van der Waals surface area (Å²) in [6.07, 6.45) is -1.39. The van der Waals surface area contributed by atoms with E-state index in [1.165, 1.54) is 11.1 Å². The van der Waals surface area contributed by atoms with Crippen molar-refractivity contribution in [1.29, 1.82) is 0 Å². The van der Waals surface area contributed by atoms with E-state index in [1.807, 2.05) is 85.5 Å². The number of rotatable bonds is 12. The Labute approximate surface area is 203 Å². The molecule has 0 aliphatic rings. The molecule has 0 radical (unpaired) electrons. The fourth-order valence-electron chi connectivity index (χ4n) is 3.74. The summed E-state index contributed by atoms with van der Waals surface area (Å²) in [7, 11) is 0. The van der Waals surface area contributed by atoms with Gasteiger partial charge >= 0.3 is 0 Å². The van der Waals surface area contributed by atoms with Crippen LogP contribution in [0.3, 0.4) is 0 Å². The molecule has 0 heterocycles. The second kappa shape index (κ2) is 12.6. The topological polar surface area (TPSA) is 62.2 Å². The molecule has 0 spiro atoms. The van der Waals surface area contributed by atoms with Crippen LogP contribution in [-0.4, -0.2) is 53.6 Å². The molecule has 3 aromatic rings. The van der Waals surface area contributed by atoms with Crippen molar-refractivity contribution in [3.8, 4) is 11.5 Å². The van der Waals surface area contributed by atoms with Crippen LogP contribution < -0.4 is 9.47 Å². The first-order valence-electron chi connectivity index (χ1n) is 11.8. The van der Waals surface area contributed by atoms with Crippen molar-refractivity contribution in [1.82, 2.24) is 4.90 Å². The normalized spacial score (nSPS) is 13.0. The molecule has 2 unspecified atom stereocenters. The molecule has 0 aliphatic heterocycles. The molecular weight excluding hydrogens is 426 g/mol. The van der Waals surface area contributed by atoms with Crippen LogP contribution in [0.15, 0.2) is 66.7 Å². The van der Waals surface area contributed by atoms with Gasteiger partial charge in [0.1, 0.15) is 36.9 Å². The molecular formula is C29H37NO4. The van der Waals surface area contributed by atoms with Gasteiger partial charge in [-0.15, -0.1) is 0 Å². The van der Waals surface area contributed by atoms with Gasteiger partial charge in [-0.25, -0.2) is 0 Å². The summed E-state index contributed by atoms with van der Waals surface area (Å²) in [5, 5.41) is 21.4. The summed E-state index contributed by atoms with van der Waals surface area (Å²) in [6.45, 7) is 9.94. The second-order valence-corrected chi connectivity index (χ2v) is 9.10. The third-order valence-electron chi connectivity index (χ3n) is 6.03. The first kappa shape index (κ1) is 25.8. The lowest BCUT2D eigenvalue weighted by atomic mass is 10.1. The molecule has 182 valence electrons. The first-order valence-corrected chi connectivity index (χ1v) is 11.8. The van der Waals surface area contributed by atoms with Gasteiger partial charge < -0.3 is 19.7 Å². The summed E-state index contributed by atoms with van der Waals surface area (Å²) >= 11 is 0. The number of benzene rings is 3. The van der Waals surface area contributed by atoms with Crippen molar-refractivity contribution in [2.45, 2.75) is 46.4 Å². The summed E-state index contributed by atoms with van der Waals surface area (Å²) in [5.41, 5.74) is 5.85. The van der Waals surface area contributed by atoms with Gasteiger partial charge in [0, 0.05) is 19.6 Å². The average molecular weight is 464 g/mol. The van der Waals surface area contributed by atoms with Crippen molar-refractivity contribution in [2.75, 3.05) is 26.3 Å². The number of aliphatic hydroxyl groups excluding tert-OH is 2. The van der Waals surface area contributed by atoms with E-state index in [4.69, 9.17) is 9.47 Å². The highest BCUT2D eigenvalue weighted by atomic mass is 16.5. The lowest BCUT2D eigenvalue weighted by molar-refractivity contribution is 0.0282. The molecule has 3 rings (SSSR count). The smallest absolute Gasteiger partial charge is 0.119 e. The van der Waals surface area contributed by atoms with Crippen molar-refractivity contribution < 1.29 is 19.7 Å². The van der Waals surface area contributed by atoms with E-state index in [9.17, 15) is 10.2 Å². The summed E-state index contributed by atoms with van der Waals surface area (Å²) in [6, 6.07) is 21.9. The van der Waals surface area contributed by atoms with E-state index in [1.54, 1.807) is 0 Å². The minimum atomic E-state index is -0.696. The molecule has 0 saturated heterocycles. The molecule has 0 aromatic heterocycles. The molecule has 2 N–H and O–H groups in total. The number of hydrogen-bond donors (Lipinski definition) is 2. The van der Waals surface area contributed by atoms with Gasteiger partial charge in [0.25, 0.3) is 0 Å². The zero-order valence-corrected chi connectivity index (χ0v) is 20.7. The molecule has 0 aliphatic carbocycles. The predicted octanol–water partition coefficient (Wildman–Crippen LogP) is 4.60. The molecule has 34 heavy (non-hydrogen) atoms. The predicted molar refractivity (Wildman–Crippen MR) is 137 cm³/mol. The number of ether oxygens (including phenoxy) is 2. The van der Waals surface area contributed by atoms with Gasteiger partial charge in [0.05, 0.1) is 0 Å². The number of aliphatic hydroxyl groups is 2. The monoisotopic (exact) mass is 463 g/mol. The van der Waals surface area contributed by atoms with Crippen molar-refractivity contribution in [3.63, 3.8) is 0 Å². The Hall–Kier alpha value is -2.86. The molecule has 5 nitrogen and oxygen atoms in total. The molecule has 0 bridgehead atoms. The highest BCUT2D eigenvalue weighted by Gasteiger charge is 2.18. The van der Waals surface area contributed by atoms with E-state index in [-0.39, 0.29) is 13.2 Å². The fraction of sp³-hybridized carbons (Fsp3) is 0.379. The lowest BCUT2D eigenvalue weighted by Crippen LogP contribution is -2.41. The highest BCUT2D eigenvalue weighted by molar-refractivity contribution is 5.34. The van der Waals surface area contributed by atoms with Gasteiger partial charge in [0.15, 0.2) is 0 Å². The zero-order chi connectivity index (χ0) is 24.5. The van der Waals surface area contributed by atoms with E-state index in [0.717, 1.165) is 28.2 Å². The van der Waals surface area contributed by atoms with Crippen LogP contribution >= 0.6 is 0 Å². The van der Waals surface area contributed by atoms with Crippen LogP contribution in [0, 0.1) is 27.7 Å². The van der Waals surface area contributed by atoms with E-state index < -0.39 is 12.2 Å². The lowest BCUT2D eigenvalue weighted by Gasteiger charge is -2.27. The van der Waals surface area contributed by atoms with Crippen LogP contribution in [0.2, 0.25) is 0 Å². The Morgan fingerprint density at radius 1 is 0.647 bits per heavy atom. The standard InChI is InChI=1S/C29H37NO4/c1-21-10-12-28(14-23(21)3)33-19-26(31)17-30(16-25-8-6-5-7-9-25)18-27(32)20-34-29-13-11-22(2)24(4)15-29/h5-15,26-27,31-32H,16-20H2,1-4H3. The zero-order valence-electron chi connectivity index (χ0n) is 20.7. The van der Waals surface area contributed by atoms with Gasteiger partial charge in [0.2, 0.25) is 0 Å². The SMILES string of the molecule is Cc1ccc(OCC(O)CN(Cc2ccccc2)CC(O)COc2ccc(C)c(C)c2)cc1C. The van der Waals surface area contributed by atoms with Gasteiger partial charge in [-0.05, 0) is 79.8 Å². The van der Waals surface area contributed by atoms with E-state index >= 15 is 0 Å². The largest absolute Gasteiger partial charge is 0.491 e. The Balaban J connectivity index is 1.56. The Morgan fingerprint density at radius 2 is 1.12 bits per heavy atom. The van der Waals surface area contributed by atoms with Gasteiger partial charge in [-0.2, -0.15) is 0 Å². The van der Waals surface area contributed by atoms with Crippen LogP contribution in [0.5, 0.6) is 11.5 Å². The first-order chi connectivity index (χ1) is 16.3. The number of aryl methyl sites for hydroxylation is 4. The third-order valence-corrected chi connectivity index (χ3v) is 6.03. The Bertz CT molecular complexity index is 974. The highest BCUT2D eigenvalue weighted by Crippen LogP contribution is 2.18. The molecule has 0 amide bonds. The maximum atomic E-state index is 10.7. The minimum absolute atomic E-state index is 0.184. The third kappa shape index (κ3) is 8.17. The molecule has 0 saturated carbocycles. The maximum Gasteiger partial charge on any atom is 0.119 e. The molecule has 5 heteroatoms. The average Bonchev–Trinajstić information content (AvgIpc) is 2.81. The Morgan fingerprint density at radius 3 is 1.56 bits per heavy atom. The van der Waals surface area contributed by atoms with Crippen molar-refractivity contribution in [3.05, 3.63) is 94.5 Å². The van der Waals surface area contributed by atoms with Crippen LogP contribution in [0.1, 0.15) is 27.8 Å². The van der Waals surface area contributed by atoms with Gasteiger partial charge in [-0.3, -0.25) is 4.90 Å². The van der Waals surface area contributed by atoms with Crippen LogP contribution in [-0.2, 0) is 6.54 Å². The van der Waals surface area contributed by atoms with Crippen LogP contribution in [0.4, 0.5) is 0 Å². The number of nitrogens with zero attached hydrogens (tertiary/aromatic N) is 1. The summed E-state index contributed by atoms with van der Waals surface area (Å²) in [4.78, 5) is 2.04.